The van der Waals surface area contributed by atoms with E-state index >= 15 is 0 Å². The number of benzene rings is 1. The molecule has 0 amide bonds. The minimum Gasteiger partial charge on any atom is -0.493 e. The molecule has 1 heterocycles. The second-order valence-electron chi connectivity index (χ2n) is 4.31. The lowest BCUT2D eigenvalue weighted by atomic mass is 9.92. The van der Waals surface area contributed by atoms with Gasteiger partial charge < -0.3 is 4.74 Å². The minimum atomic E-state index is 0.460. The molecule has 0 spiro atoms. The van der Waals surface area contributed by atoms with Crippen molar-refractivity contribution in [3.63, 3.8) is 0 Å². The van der Waals surface area contributed by atoms with Gasteiger partial charge in [-0.3, -0.25) is 0 Å². The van der Waals surface area contributed by atoms with E-state index in [1.165, 1.54) is 16.7 Å². The Balaban J connectivity index is 2.10. The summed E-state index contributed by atoms with van der Waals surface area (Å²) >= 11 is 0. The van der Waals surface area contributed by atoms with Crippen molar-refractivity contribution >= 4 is 0 Å². The Bertz CT molecular complexity index is 445. The topological polar surface area (TPSA) is 33.0 Å². The Morgan fingerprint density at radius 2 is 2.33 bits per heavy atom. The third kappa shape index (κ3) is 1.23. The SMILES string of the molecule is N#CC[C@H]1CCc2ccc3c(c21)CCO3. The van der Waals surface area contributed by atoms with Crippen LogP contribution in [-0.4, -0.2) is 6.61 Å². The number of aryl methyl sites for hydroxylation is 1. The molecule has 1 aliphatic carbocycles. The van der Waals surface area contributed by atoms with Crippen molar-refractivity contribution in [1.82, 2.24) is 0 Å². The molecule has 3 rings (SSSR count). The van der Waals surface area contributed by atoms with E-state index in [1.54, 1.807) is 0 Å². The first-order chi connectivity index (χ1) is 7.40. The zero-order valence-corrected chi connectivity index (χ0v) is 8.62. The summed E-state index contributed by atoms with van der Waals surface area (Å²) in [6.45, 7) is 0.811. The highest BCUT2D eigenvalue weighted by Crippen LogP contribution is 2.42. The van der Waals surface area contributed by atoms with Crippen LogP contribution >= 0.6 is 0 Å². The van der Waals surface area contributed by atoms with Crippen LogP contribution in [0.4, 0.5) is 0 Å². The van der Waals surface area contributed by atoms with Gasteiger partial charge in [0.1, 0.15) is 5.75 Å². The van der Waals surface area contributed by atoms with Crippen LogP contribution < -0.4 is 4.74 Å². The van der Waals surface area contributed by atoms with Crippen molar-refractivity contribution in [3.05, 3.63) is 28.8 Å². The maximum Gasteiger partial charge on any atom is 0.122 e. The van der Waals surface area contributed by atoms with Crippen LogP contribution in [0.1, 0.15) is 35.4 Å². The number of fused-ring (bicyclic) bond motifs is 3. The van der Waals surface area contributed by atoms with Gasteiger partial charge in [0.2, 0.25) is 0 Å². The minimum absolute atomic E-state index is 0.460. The number of nitrogens with zero attached hydrogens (tertiary/aromatic N) is 1. The van der Waals surface area contributed by atoms with Gasteiger partial charge in [-0.1, -0.05) is 6.07 Å². The summed E-state index contributed by atoms with van der Waals surface area (Å²) in [6.07, 6.45) is 3.96. The molecule has 2 nitrogen and oxygen atoms in total. The van der Waals surface area contributed by atoms with E-state index in [-0.39, 0.29) is 0 Å². The van der Waals surface area contributed by atoms with Crippen molar-refractivity contribution in [3.8, 4) is 11.8 Å². The van der Waals surface area contributed by atoms with E-state index in [9.17, 15) is 0 Å². The number of ether oxygens (including phenoxy) is 1. The Morgan fingerprint density at radius 3 is 3.20 bits per heavy atom. The van der Waals surface area contributed by atoms with E-state index in [4.69, 9.17) is 10.00 Å². The molecule has 0 saturated carbocycles. The third-order valence-electron chi connectivity index (χ3n) is 3.52. The van der Waals surface area contributed by atoms with Crippen LogP contribution in [0.3, 0.4) is 0 Å². The lowest BCUT2D eigenvalue weighted by Crippen LogP contribution is -1.96. The van der Waals surface area contributed by atoms with Gasteiger partial charge in [0, 0.05) is 18.4 Å². The smallest absolute Gasteiger partial charge is 0.122 e. The fraction of sp³-hybridized carbons (Fsp3) is 0.462. The van der Waals surface area contributed by atoms with Crippen LogP contribution in [0.2, 0.25) is 0 Å². The van der Waals surface area contributed by atoms with Crippen LogP contribution in [-0.2, 0) is 12.8 Å². The van der Waals surface area contributed by atoms with E-state index in [1.807, 2.05) is 0 Å². The normalized spacial score (nSPS) is 21.7. The van der Waals surface area contributed by atoms with E-state index in [0.29, 0.717) is 12.3 Å². The molecule has 0 bridgehead atoms. The van der Waals surface area contributed by atoms with E-state index < -0.39 is 0 Å². The van der Waals surface area contributed by atoms with Gasteiger partial charge in [0.05, 0.1) is 12.7 Å². The number of rotatable bonds is 1. The zero-order valence-electron chi connectivity index (χ0n) is 8.62. The van der Waals surface area contributed by atoms with Gasteiger partial charge in [-0.15, -0.1) is 0 Å². The molecular formula is C13H13NO. The second kappa shape index (κ2) is 3.27. The molecule has 1 aromatic rings. The second-order valence-corrected chi connectivity index (χ2v) is 4.31. The number of hydrogen-bond donors (Lipinski definition) is 0. The van der Waals surface area contributed by atoms with Crippen molar-refractivity contribution < 1.29 is 4.74 Å². The quantitative estimate of drug-likeness (QED) is 0.696. The lowest BCUT2D eigenvalue weighted by molar-refractivity contribution is 0.357. The van der Waals surface area contributed by atoms with Gasteiger partial charge in [-0.25, -0.2) is 0 Å². The molecule has 2 heteroatoms. The van der Waals surface area contributed by atoms with Crippen molar-refractivity contribution in [1.29, 1.82) is 5.26 Å². The summed E-state index contributed by atoms with van der Waals surface area (Å²) < 4.78 is 5.57. The summed E-state index contributed by atoms with van der Waals surface area (Å²) in [7, 11) is 0. The van der Waals surface area contributed by atoms with Gasteiger partial charge in [0.15, 0.2) is 0 Å². The van der Waals surface area contributed by atoms with Gasteiger partial charge in [0.25, 0.3) is 0 Å². The fourth-order valence-corrected chi connectivity index (χ4v) is 2.86. The summed E-state index contributed by atoms with van der Waals surface area (Å²) in [4.78, 5) is 0. The molecule has 0 fully saturated rings. The highest BCUT2D eigenvalue weighted by molar-refractivity contribution is 5.51. The maximum atomic E-state index is 8.82. The zero-order chi connectivity index (χ0) is 10.3. The standard InChI is InChI=1S/C13H13NO/c14-7-5-10-2-1-9-3-4-12-11(13(9)10)6-8-15-12/h3-4,10H,1-2,5-6,8H2/t10-/m1/s1. The molecular weight excluding hydrogens is 186 g/mol. The molecule has 0 saturated heterocycles. The van der Waals surface area contributed by atoms with Crippen LogP contribution in [0.25, 0.3) is 0 Å². The summed E-state index contributed by atoms with van der Waals surface area (Å²) in [5.41, 5.74) is 4.26. The van der Waals surface area contributed by atoms with Gasteiger partial charge in [-0.2, -0.15) is 5.26 Å². The Kier molecular flexibility index (Phi) is 1.92. The van der Waals surface area contributed by atoms with E-state index in [0.717, 1.165) is 31.6 Å². The molecule has 0 N–H and O–H groups in total. The summed E-state index contributed by atoms with van der Waals surface area (Å²) in [6, 6.07) is 6.57. The van der Waals surface area contributed by atoms with E-state index in [2.05, 4.69) is 18.2 Å². The highest BCUT2D eigenvalue weighted by atomic mass is 16.5. The predicted molar refractivity (Wildman–Crippen MR) is 56.9 cm³/mol. The van der Waals surface area contributed by atoms with Crippen molar-refractivity contribution in [2.75, 3.05) is 6.61 Å². The fourth-order valence-electron chi connectivity index (χ4n) is 2.86. The highest BCUT2D eigenvalue weighted by Gasteiger charge is 2.28. The van der Waals surface area contributed by atoms with Gasteiger partial charge >= 0.3 is 0 Å². The summed E-state index contributed by atoms with van der Waals surface area (Å²) in [5.74, 6) is 1.51. The van der Waals surface area contributed by atoms with Crippen molar-refractivity contribution in [2.24, 2.45) is 0 Å². The molecule has 1 aromatic carbocycles. The Hall–Kier alpha value is -1.49. The van der Waals surface area contributed by atoms with Gasteiger partial charge in [-0.05, 0) is 36.0 Å². The lowest BCUT2D eigenvalue weighted by Gasteiger charge is -2.11. The molecule has 15 heavy (non-hydrogen) atoms. The first-order valence-electron chi connectivity index (χ1n) is 5.54. The average molecular weight is 199 g/mol. The molecule has 2 aliphatic rings. The molecule has 76 valence electrons. The van der Waals surface area contributed by atoms with Crippen LogP contribution in [0.5, 0.6) is 5.75 Å². The molecule has 0 radical (unpaired) electrons. The van der Waals surface area contributed by atoms with Crippen LogP contribution in [0.15, 0.2) is 12.1 Å². The molecule has 0 unspecified atom stereocenters. The Morgan fingerprint density at radius 1 is 1.40 bits per heavy atom. The number of nitriles is 1. The molecule has 1 aliphatic heterocycles. The molecule has 1 atom stereocenters. The largest absolute Gasteiger partial charge is 0.493 e. The maximum absolute atomic E-state index is 8.82. The first kappa shape index (κ1) is 8.79. The summed E-state index contributed by atoms with van der Waals surface area (Å²) in [5, 5.41) is 8.82. The number of hydrogen-bond acceptors (Lipinski definition) is 2. The molecule has 0 aromatic heterocycles. The first-order valence-corrected chi connectivity index (χ1v) is 5.54. The van der Waals surface area contributed by atoms with Crippen molar-refractivity contribution in [2.45, 2.75) is 31.6 Å². The monoisotopic (exact) mass is 199 g/mol. The predicted octanol–water partition coefficient (Wildman–Crippen LogP) is 2.56. The average Bonchev–Trinajstić information content (AvgIpc) is 2.83. The Labute approximate surface area is 89.5 Å². The third-order valence-corrected chi connectivity index (χ3v) is 3.52. The van der Waals surface area contributed by atoms with Crippen LogP contribution in [0, 0.1) is 11.3 Å².